The highest BCUT2D eigenvalue weighted by molar-refractivity contribution is 6.30. The SMILES string of the molecule is CC1=C(C(=O)O)C2NC(C)CC(c3cc(Cl)c(=O)[nH]c3OCCn3c(C)nc4c(c3=O)C[C@H](N(C)CC3CC(F)(F)C3)CC4)C2(C)CC1. The first kappa shape index (κ1) is 34.8. The fourth-order valence-corrected chi connectivity index (χ4v) is 8.93. The molecule has 1 saturated carbocycles. The number of aromatic amines is 1. The number of nitrogens with one attached hydrogen (secondary N) is 2. The standard InChI is InChI=1S/C35H46ClF2N5O5/c1-18-8-9-34(4)25(12-19(2)39-29(34)28(18)33(46)47)23-14-26(36)30(44)41-31(23)48-11-10-43-20(3)40-27-7-6-22(13-24(27)32(43)45)42(5)17-21-15-35(37,38)16-21/h14,19,21-22,25,29,39H,6-13,15-17H2,1-5H3,(H,41,44)(H,46,47)/t19?,22-,25?,29?,34?/m1/s1. The molecule has 0 aromatic carbocycles. The van der Waals surface area contributed by atoms with E-state index >= 15 is 0 Å². The molecule has 3 heterocycles. The zero-order valence-corrected chi connectivity index (χ0v) is 29.1. The lowest BCUT2D eigenvalue weighted by atomic mass is 9.57. The second-order valence-corrected chi connectivity index (χ2v) is 15.3. The third-order valence-electron chi connectivity index (χ3n) is 11.5. The zero-order valence-electron chi connectivity index (χ0n) is 28.3. The Balaban J connectivity index is 1.21. The Morgan fingerprint density at radius 2 is 1.98 bits per heavy atom. The van der Waals surface area contributed by atoms with E-state index in [2.05, 4.69) is 22.1 Å². The van der Waals surface area contributed by atoms with Crippen LogP contribution in [0.1, 0.15) is 87.9 Å². The third kappa shape index (κ3) is 6.47. The number of aromatic nitrogens is 3. The molecule has 3 aliphatic carbocycles. The minimum atomic E-state index is -2.55. The van der Waals surface area contributed by atoms with E-state index in [0.29, 0.717) is 54.8 Å². The number of H-pyrrole nitrogens is 1. The van der Waals surface area contributed by atoms with E-state index in [4.69, 9.17) is 21.3 Å². The van der Waals surface area contributed by atoms with Crippen molar-refractivity contribution < 1.29 is 23.4 Å². The Morgan fingerprint density at radius 3 is 2.67 bits per heavy atom. The van der Waals surface area contributed by atoms with Crippen molar-refractivity contribution in [1.29, 1.82) is 0 Å². The van der Waals surface area contributed by atoms with Gasteiger partial charge in [0.1, 0.15) is 17.5 Å². The maximum atomic E-state index is 13.8. The second-order valence-electron chi connectivity index (χ2n) is 14.9. The molecular weight excluding hydrogens is 644 g/mol. The van der Waals surface area contributed by atoms with Crippen molar-refractivity contribution in [2.75, 3.05) is 20.2 Å². The predicted molar refractivity (Wildman–Crippen MR) is 178 cm³/mol. The van der Waals surface area contributed by atoms with Crippen LogP contribution in [0.5, 0.6) is 5.88 Å². The Bertz CT molecular complexity index is 1750. The third-order valence-corrected chi connectivity index (χ3v) is 11.8. The zero-order chi connectivity index (χ0) is 34.7. The molecule has 10 nitrogen and oxygen atoms in total. The number of likely N-dealkylation sites (N-methyl/N-ethyl adjacent to an activating group) is 1. The maximum Gasteiger partial charge on any atom is 0.333 e. The largest absolute Gasteiger partial charge is 0.478 e. The number of rotatable bonds is 9. The molecule has 5 atom stereocenters. The average molecular weight is 690 g/mol. The molecule has 2 aromatic rings. The Labute approximate surface area is 283 Å². The highest BCUT2D eigenvalue weighted by Gasteiger charge is 2.52. The van der Waals surface area contributed by atoms with Crippen LogP contribution in [0.15, 0.2) is 26.8 Å². The van der Waals surface area contributed by atoms with E-state index in [1.165, 1.54) is 0 Å². The van der Waals surface area contributed by atoms with Crippen molar-refractivity contribution in [1.82, 2.24) is 24.8 Å². The number of nitrogens with zero attached hydrogens (tertiary/aromatic N) is 3. The van der Waals surface area contributed by atoms with Gasteiger partial charge in [-0.05, 0) is 89.7 Å². The first-order valence-electron chi connectivity index (χ1n) is 17.0. The molecule has 6 rings (SSSR count). The van der Waals surface area contributed by atoms with Gasteiger partial charge in [0, 0.05) is 48.6 Å². The summed E-state index contributed by atoms with van der Waals surface area (Å²) in [4.78, 5) is 48.6. The van der Waals surface area contributed by atoms with Gasteiger partial charge in [0.05, 0.1) is 17.8 Å². The first-order chi connectivity index (χ1) is 22.6. The van der Waals surface area contributed by atoms with Gasteiger partial charge >= 0.3 is 5.97 Å². The summed E-state index contributed by atoms with van der Waals surface area (Å²) in [5.74, 6) is -2.83. The molecule has 48 heavy (non-hydrogen) atoms. The van der Waals surface area contributed by atoms with E-state index in [0.717, 1.165) is 24.1 Å². The number of halogens is 3. The number of alkyl halides is 2. The molecule has 4 unspecified atom stereocenters. The number of fused-ring (bicyclic) bond motifs is 2. The number of carboxylic acids is 1. The van der Waals surface area contributed by atoms with E-state index in [-0.39, 0.29) is 66.4 Å². The Hall–Kier alpha value is -3.09. The maximum absolute atomic E-state index is 13.8. The molecule has 0 radical (unpaired) electrons. The summed E-state index contributed by atoms with van der Waals surface area (Å²) in [6.45, 7) is 8.64. The summed E-state index contributed by atoms with van der Waals surface area (Å²) >= 11 is 6.38. The Kier molecular flexibility index (Phi) is 9.40. The van der Waals surface area contributed by atoms with Crippen molar-refractivity contribution in [3.8, 4) is 5.88 Å². The number of aryl methyl sites for hydroxylation is 2. The lowest BCUT2D eigenvalue weighted by molar-refractivity contribution is -0.134. The molecular formula is C35H46ClF2N5O5. The number of aliphatic carboxylic acids is 1. The molecule has 1 aliphatic heterocycles. The number of hydrogen-bond acceptors (Lipinski definition) is 7. The van der Waals surface area contributed by atoms with Crippen LogP contribution in [0.3, 0.4) is 0 Å². The van der Waals surface area contributed by atoms with Crippen LogP contribution in [-0.2, 0) is 24.2 Å². The number of carboxylic acid groups (broad SMARTS) is 1. The van der Waals surface area contributed by atoms with Crippen LogP contribution in [0, 0.1) is 18.3 Å². The lowest BCUT2D eigenvalue weighted by Gasteiger charge is -2.53. The van der Waals surface area contributed by atoms with Gasteiger partial charge in [0.2, 0.25) is 5.92 Å². The normalized spacial score (nSPS) is 28.5. The average Bonchev–Trinajstić information content (AvgIpc) is 2.99. The minimum absolute atomic E-state index is 0.00721. The van der Waals surface area contributed by atoms with Crippen LogP contribution in [0.4, 0.5) is 8.78 Å². The van der Waals surface area contributed by atoms with Gasteiger partial charge < -0.3 is 20.1 Å². The second kappa shape index (κ2) is 13.0. The number of carbonyl (C=O) groups is 1. The monoisotopic (exact) mass is 689 g/mol. The highest BCUT2D eigenvalue weighted by atomic mass is 35.5. The van der Waals surface area contributed by atoms with Gasteiger partial charge in [0.15, 0.2) is 5.88 Å². The number of allylic oxidation sites excluding steroid dienone is 1. The van der Waals surface area contributed by atoms with Crippen LogP contribution < -0.4 is 21.2 Å². The van der Waals surface area contributed by atoms with Crippen molar-refractivity contribution in [2.24, 2.45) is 11.3 Å². The predicted octanol–water partition coefficient (Wildman–Crippen LogP) is 4.84. The molecule has 2 fully saturated rings. The summed E-state index contributed by atoms with van der Waals surface area (Å²) in [5, 5.41) is 13.7. The molecule has 13 heteroatoms. The summed E-state index contributed by atoms with van der Waals surface area (Å²) in [7, 11) is 1.95. The van der Waals surface area contributed by atoms with Crippen molar-refractivity contribution in [2.45, 2.75) is 116 Å². The molecule has 0 amide bonds. The number of piperidine rings is 1. The summed E-state index contributed by atoms with van der Waals surface area (Å²) in [5.41, 5.74) is 2.31. The highest BCUT2D eigenvalue weighted by Crippen LogP contribution is 2.54. The number of hydrogen-bond donors (Lipinski definition) is 3. The number of pyridine rings is 1. The lowest BCUT2D eigenvalue weighted by Crippen LogP contribution is -2.59. The van der Waals surface area contributed by atoms with Crippen molar-refractivity contribution in [3.05, 3.63) is 65.6 Å². The van der Waals surface area contributed by atoms with Crippen LogP contribution >= 0.6 is 11.6 Å². The molecule has 3 N–H and O–H groups in total. The van der Waals surface area contributed by atoms with Crippen LogP contribution in [0.25, 0.3) is 0 Å². The molecule has 262 valence electrons. The van der Waals surface area contributed by atoms with Gasteiger partial charge in [-0.3, -0.25) is 19.1 Å². The first-order valence-corrected chi connectivity index (χ1v) is 17.4. The quantitative estimate of drug-likeness (QED) is 0.341. The van der Waals surface area contributed by atoms with Crippen LogP contribution in [0.2, 0.25) is 5.02 Å². The van der Waals surface area contributed by atoms with Gasteiger partial charge in [0.25, 0.3) is 11.1 Å². The molecule has 0 spiro atoms. The van der Waals surface area contributed by atoms with Gasteiger partial charge in [-0.2, -0.15) is 0 Å². The van der Waals surface area contributed by atoms with Gasteiger partial charge in [-0.1, -0.05) is 24.1 Å². The van der Waals surface area contributed by atoms with E-state index in [1.807, 2.05) is 20.9 Å². The van der Waals surface area contributed by atoms with E-state index in [1.54, 1.807) is 17.6 Å². The molecule has 1 saturated heterocycles. The van der Waals surface area contributed by atoms with Crippen LogP contribution in [-0.4, -0.2) is 74.8 Å². The van der Waals surface area contributed by atoms with E-state index < -0.39 is 28.9 Å². The number of ether oxygens (including phenoxy) is 1. The fraction of sp³-hybridized carbons (Fsp3) is 0.657. The molecule has 4 aliphatic rings. The Morgan fingerprint density at radius 1 is 1.25 bits per heavy atom. The van der Waals surface area contributed by atoms with Gasteiger partial charge in [-0.25, -0.2) is 18.6 Å². The minimum Gasteiger partial charge on any atom is -0.478 e. The summed E-state index contributed by atoms with van der Waals surface area (Å²) < 4.78 is 34.7. The molecule has 0 bridgehead atoms. The van der Waals surface area contributed by atoms with Crippen molar-refractivity contribution >= 4 is 17.6 Å². The molecule has 2 aromatic heterocycles. The van der Waals surface area contributed by atoms with Crippen molar-refractivity contribution in [3.63, 3.8) is 0 Å². The van der Waals surface area contributed by atoms with Gasteiger partial charge in [-0.15, -0.1) is 0 Å². The summed E-state index contributed by atoms with van der Waals surface area (Å²) in [6.07, 6.45) is 3.91. The van der Waals surface area contributed by atoms with E-state index in [9.17, 15) is 28.3 Å². The smallest absolute Gasteiger partial charge is 0.333 e. The summed E-state index contributed by atoms with van der Waals surface area (Å²) in [6, 6.07) is 1.32. The fourth-order valence-electron chi connectivity index (χ4n) is 8.76. The topological polar surface area (TPSA) is 130 Å².